The van der Waals surface area contributed by atoms with Gasteiger partial charge in [0, 0.05) is 13.2 Å². The molecule has 2 amide bonds. The van der Waals surface area contributed by atoms with Crippen molar-refractivity contribution in [2.45, 2.75) is 25.1 Å². The fourth-order valence-electron chi connectivity index (χ4n) is 1.66. The minimum atomic E-state index is -4.29. The average Bonchev–Trinajstić information content (AvgIpc) is 2.38. The van der Waals surface area contributed by atoms with E-state index in [2.05, 4.69) is 10.6 Å². The van der Waals surface area contributed by atoms with Crippen LogP contribution in [0.3, 0.4) is 0 Å². The van der Waals surface area contributed by atoms with Gasteiger partial charge in [0.05, 0.1) is 12.5 Å². The molecule has 0 unspecified atom stereocenters. The normalized spacial score (nSPS) is 12.8. The first-order valence-corrected chi connectivity index (χ1v) is 6.19. The lowest BCUT2D eigenvalue weighted by Crippen LogP contribution is -2.39. The zero-order chi connectivity index (χ0) is 15.0. The van der Waals surface area contributed by atoms with Gasteiger partial charge in [0.25, 0.3) is 0 Å². The highest BCUT2D eigenvalue weighted by atomic mass is 19.4. The lowest BCUT2D eigenvalue weighted by Gasteiger charge is -2.19. The largest absolute Gasteiger partial charge is 0.396 e. The first-order valence-electron chi connectivity index (χ1n) is 6.19. The number of aliphatic hydroxyl groups is 1. The van der Waals surface area contributed by atoms with E-state index in [0.717, 1.165) is 5.56 Å². The van der Waals surface area contributed by atoms with Gasteiger partial charge in [0.15, 0.2) is 0 Å². The van der Waals surface area contributed by atoms with Crippen LogP contribution in [-0.4, -0.2) is 30.5 Å². The predicted octanol–water partition coefficient (Wildman–Crippen LogP) is 2.36. The second-order valence-electron chi connectivity index (χ2n) is 4.24. The third-order valence-corrected chi connectivity index (χ3v) is 2.62. The smallest absolute Gasteiger partial charge is 0.390 e. The van der Waals surface area contributed by atoms with Gasteiger partial charge >= 0.3 is 12.2 Å². The summed E-state index contributed by atoms with van der Waals surface area (Å²) in [7, 11) is 0. The van der Waals surface area contributed by atoms with Crippen LogP contribution in [0.5, 0.6) is 0 Å². The highest BCUT2D eigenvalue weighted by Crippen LogP contribution is 2.18. The maximum absolute atomic E-state index is 11.9. The van der Waals surface area contributed by atoms with Crippen LogP contribution in [-0.2, 0) is 0 Å². The average molecular weight is 290 g/mol. The van der Waals surface area contributed by atoms with E-state index in [1.54, 1.807) is 24.3 Å². The second-order valence-corrected chi connectivity index (χ2v) is 4.24. The van der Waals surface area contributed by atoms with Crippen molar-refractivity contribution < 1.29 is 23.1 Å². The molecule has 0 radical (unpaired) electrons. The Kier molecular flexibility index (Phi) is 6.30. The van der Waals surface area contributed by atoms with Crippen LogP contribution < -0.4 is 10.6 Å². The molecule has 20 heavy (non-hydrogen) atoms. The molecule has 1 aromatic rings. The quantitative estimate of drug-likeness (QED) is 0.753. The molecule has 3 N–H and O–H groups in total. The molecular formula is C13H17F3N2O2. The summed E-state index contributed by atoms with van der Waals surface area (Å²) in [4.78, 5) is 11.5. The van der Waals surface area contributed by atoms with Crippen LogP contribution in [0.4, 0.5) is 18.0 Å². The lowest BCUT2D eigenvalue weighted by atomic mass is 10.0. The van der Waals surface area contributed by atoms with E-state index in [4.69, 9.17) is 5.11 Å². The molecule has 0 saturated heterocycles. The first kappa shape index (κ1) is 16.3. The molecule has 1 atom stereocenters. The van der Waals surface area contributed by atoms with Crippen molar-refractivity contribution >= 4 is 6.03 Å². The van der Waals surface area contributed by atoms with Crippen LogP contribution in [0.2, 0.25) is 0 Å². The van der Waals surface area contributed by atoms with E-state index < -0.39 is 31.2 Å². The van der Waals surface area contributed by atoms with E-state index in [1.165, 1.54) is 0 Å². The van der Waals surface area contributed by atoms with Crippen molar-refractivity contribution in [3.05, 3.63) is 35.9 Å². The molecular weight excluding hydrogens is 273 g/mol. The van der Waals surface area contributed by atoms with Crippen molar-refractivity contribution in [2.75, 3.05) is 13.2 Å². The maximum atomic E-state index is 11.9. The van der Waals surface area contributed by atoms with Crippen LogP contribution in [0.25, 0.3) is 0 Å². The molecule has 1 rings (SSSR count). The summed E-state index contributed by atoms with van der Waals surface area (Å²) >= 11 is 0. The number of rotatable bonds is 6. The highest BCUT2D eigenvalue weighted by Gasteiger charge is 2.26. The van der Waals surface area contributed by atoms with Gasteiger partial charge in [-0.2, -0.15) is 13.2 Å². The van der Waals surface area contributed by atoms with E-state index in [1.807, 2.05) is 6.07 Å². The van der Waals surface area contributed by atoms with Crippen LogP contribution >= 0.6 is 0 Å². The zero-order valence-electron chi connectivity index (χ0n) is 10.8. The third-order valence-electron chi connectivity index (χ3n) is 2.62. The van der Waals surface area contributed by atoms with E-state index >= 15 is 0 Å². The number of hydrogen-bond acceptors (Lipinski definition) is 2. The summed E-state index contributed by atoms with van der Waals surface area (Å²) in [6.45, 7) is -0.613. The molecule has 0 aliphatic heterocycles. The Bertz CT molecular complexity index is 410. The minimum Gasteiger partial charge on any atom is -0.396 e. The Morgan fingerprint density at radius 3 is 2.45 bits per heavy atom. The van der Waals surface area contributed by atoms with Gasteiger partial charge in [-0.25, -0.2) is 4.79 Å². The summed E-state index contributed by atoms with van der Waals surface area (Å²) in [6.07, 6.45) is -5.08. The van der Waals surface area contributed by atoms with E-state index in [9.17, 15) is 18.0 Å². The van der Waals surface area contributed by atoms with Gasteiger partial charge in [-0.05, 0) is 12.0 Å². The zero-order valence-corrected chi connectivity index (χ0v) is 10.8. The predicted molar refractivity (Wildman–Crippen MR) is 68.1 cm³/mol. The Hall–Kier alpha value is -1.76. The Morgan fingerprint density at radius 2 is 1.90 bits per heavy atom. The SMILES string of the molecule is O=C(NCCC(F)(F)F)N[C@H](CCO)c1ccccc1. The third kappa shape index (κ3) is 6.42. The van der Waals surface area contributed by atoms with Crippen LogP contribution in [0.15, 0.2) is 30.3 Å². The monoisotopic (exact) mass is 290 g/mol. The molecule has 112 valence electrons. The minimum absolute atomic E-state index is 0.137. The number of carbonyl (C=O) groups is 1. The van der Waals surface area contributed by atoms with Crippen molar-refractivity contribution in [1.82, 2.24) is 10.6 Å². The summed E-state index contributed by atoms with van der Waals surface area (Å²) in [6, 6.07) is 7.80. The summed E-state index contributed by atoms with van der Waals surface area (Å²) in [5, 5.41) is 13.7. The summed E-state index contributed by atoms with van der Waals surface area (Å²) in [5.41, 5.74) is 0.785. The molecule has 0 saturated carbocycles. The molecule has 7 heteroatoms. The first-order chi connectivity index (χ1) is 9.42. The highest BCUT2D eigenvalue weighted by molar-refractivity contribution is 5.74. The molecule has 0 bridgehead atoms. The van der Waals surface area contributed by atoms with Crippen LogP contribution in [0, 0.1) is 0 Å². The Labute approximate surface area is 115 Å². The lowest BCUT2D eigenvalue weighted by molar-refractivity contribution is -0.132. The van der Waals surface area contributed by atoms with Gasteiger partial charge in [0.2, 0.25) is 0 Å². The number of amides is 2. The van der Waals surface area contributed by atoms with Gasteiger partial charge < -0.3 is 15.7 Å². The topological polar surface area (TPSA) is 61.4 Å². The van der Waals surface area contributed by atoms with E-state index in [0.29, 0.717) is 0 Å². The molecule has 0 aliphatic carbocycles. The van der Waals surface area contributed by atoms with Gasteiger partial charge in [-0.1, -0.05) is 30.3 Å². The Morgan fingerprint density at radius 1 is 1.25 bits per heavy atom. The number of benzene rings is 1. The van der Waals surface area contributed by atoms with Crippen molar-refractivity contribution in [3.63, 3.8) is 0 Å². The molecule has 0 fully saturated rings. The number of nitrogens with one attached hydrogen (secondary N) is 2. The second kappa shape index (κ2) is 7.74. The molecule has 0 spiro atoms. The molecule has 0 aromatic heterocycles. The standard InChI is InChI=1S/C13H17F3N2O2/c14-13(15,16)7-8-17-12(20)18-11(6-9-19)10-4-2-1-3-5-10/h1-5,11,19H,6-9H2,(H2,17,18,20)/t11-/m1/s1. The summed E-state index contributed by atoms with van der Waals surface area (Å²) in [5.74, 6) is 0. The number of carbonyl (C=O) groups excluding carboxylic acids is 1. The van der Waals surface area contributed by atoms with Crippen LogP contribution in [0.1, 0.15) is 24.4 Å². The number of hydrogen-bond donors (Lipinski definition) is 3. The Balaban J connectivity index is 2.48. The van der Waals surface area contributed by atoms with Crippen molar-refractivity contribution in [3.8, 4) is 0 Å². The van der Waals surface area contributed by atoms with Crippen molar-refractivity contribution in [2.24, 2.45) is 0 Å². The van der Waals surface area contributed by atoms with Gasteiger partial charge in [-0.3, -0.25) is 0 Å². The number of alkyl halides is 3. The van der Waals surface area contributed by atoms with Gasteiger partial charge in [-0.15, -0.1) is 0 Å². The maximum Gasteiger partial charge on any atom is 0.390 e. The number of aliphatic hydroxyl groups excluding tert-OH is 1. The van der Waals surface area contributed by atoms with E-state index in [-0.39, 0.29) is 13.0 Å². The van der Waals surface area contributed by atoms with Gasteiger partial charge in [0.1, 0.15) is 0 Å². The number of urea groups is 1. The summed E-state index contributed by atoms with van der Waals surface area (Å²) < 4.78 is 35.8. The number of halogens is 3. The molecule has 4 nitrogen and oxygen atoms in total. The van der Waals surface area contributed by atoms with Crippen molar-refractivity contribution in [1.29, 1.82) is 0 Å². The fourth-order valence-corrected chi connectivity index (χ4v) is 1.66. The molecule has 0 heterocycles. The molecule has 1 aromatic carbocycles. The fraction of sp³-hybridized carbons (Fsp3) is 0.462. The molecule has 0 aliphatic rings.